The molecule has 1 aromatic carbocycles. The first-order valence-electron chi connectivity index (χ1n) is 10.3. The van der Waals surface area contributed by atoms with Crippen LogP contribution in [0.1, 0.15) is 29.4 Å². The summed E-state index contributed by atoms with van der Waals surface area (Å²) in [6.45, 7) is 10.9. The number of amides is 1. The third-order valence-electron chi connectivity index (χ3n) is 5.15. The minimum Gasteiger partial charge on any atom is -0.469 e. The van der Waals surface area contributed by atoms with Gasteiger partial charge in [-0.2, -0.15) is 0 Å². The molecule has 3 aromatic heterocycles. The fraction of sp³-hybridized carbons (Fsp3) is 0.304. The number of hydrogen-bond acceptors (Lipinski definition) is 7. The van der Waals surface area contributed by atoms with Crippen molar-refractivity contribution >= 4 is 34.1 Å². The van der Waals surface area contributed by atoms with Gasteiger partial charge < -0.3 is 14.3 Å². The Labute approximate surface area is 195 Å². The average Bonchev–Trinajstić information content (AvgIpc) is 3.45. The van der Waals surface area contributed by atoms with Gasteiger partial charge in [0.15, 0.2) is 16.1 Å². The van der Waals surface area contributed by atoms with Crippen LogP contribution in [0.15, 0.2) is 39.4 Å². The molecule has 1 amide bonds. The summed E-state index contributed by atoms with van der Waals surface area (Å²) >= 11 is 2.79. The number of benzene rings is 1. The van der Waals surface area contributed by atoms with Crippen molar-refractivity contribution in [1.82, 2.24) is 19.7 Å². The molecule has 0 bridgehead atoms. The van der Waals surface area contributed by atoms with E-state index in [0.717, 1.165) is 28.4 Å². The second-order valence-electron chi connectivity index (χ2n) is 7.59. The normalized spacial score (nSPS) is 11.2. The molecule has 7 nitrogen and oxygen atoms in total. The predicted molar refractivity (Wildman–Crippen MR) is 129 cm³/mol. The number of aryl methyl sites for hydroxylation is 4. The lowest BCUT2D eigenvalue weighted by atomic mass is 9.98. The second kappa shape index (κ2) is 9.30. The molecule has 0 radical (unpaired) electrons. The van der Waals surface area contributed by atoms with E-state index in [-0.39, 0.29) is 11.7 Å². The van der Waals surface area contributed by atoms with Crippen LogP contribution >= 0.6 is 23.1 Å². The first-order chi connectivity index (χ1) is 15.4. The molecular formula is C23H25N5O2S2. The first-order valence-corrected chi connectivity index (χ1v) is 12.2. The molecule has 9 heteroatoms. The smallest absolute Gasteiger partial charge is 0.236 e. The first kappa shape index (κ1) is 22.3. The lowest BCUT2D eigenvalue weighted by molar-refractivity contribution is -0.113. The highest BCUT2D eigenvalue weighted by Crippen LogP contribution is 2.31. The number of hydrogen-bond donors (Lipinski definition) is 1. The third kappa shape index (κ3) is 4.49. The Kier molecular flexibility index (Phi) is 6.48. The zero-order valence-electron chi connectivity index (χ0n) is 18.7. The van der Waals surface area contributed by atoms with Crippen LogP contribution in [0.25, 0.3) is 22.6 Å². The Morgan fingerprint density at radius 1 is 1.19 bits per heavy atom. The Bertz CT molecular complexity index is 1250. The summed E-state index contributed by atoms with van der Waals surface area (Å²) in [5.74, 6) is 1.63. The standard InChI is InChI=1S/C23H25N5O2S2/c1-6-28-21(17-7-8-30-16(17)5)26-27-23(28)32-12-19(29)25-22-24-18(11-31-22)20-14(3)9-13(2)10-15(20)4/h7-11H,6,12H2,1-5H3,(H,24,25,29). The number of thiazole rings is 1. The maximum atomic E-state index is 12.6. The number of aromatic nitrogens is 4. The van der Waals surface area contributed by atoms with Gasteiger partial charge in [0, 0.05) is 17.5 Å². The van der Waals surface area contributed by atoms with Crippen LogP contribution in [0.3, 0.4) is 0 Å². The van der Waals surface area contributed by atoms with Gasteiger partial charge in [-0.25, -0.2) is 4.98 Å². The molecule has 0 saturated carbocycles. The van der Waals surface area contributed by atoms with Crippen molar-refractivity contribution in [3.8, 4) is 22.6 Å². The minimum absolute atomic E-state index is 0.125. The van der Waals surface area contributed by atoms with Gasteiger partial charge in [-0.05, 0) is 51.8 Å². The van der Waals surface area contributed by atoms with Crippen molar-refractivity contribution < 1.29 is 9.21 Å². The van der Waals surface area contributed by atoms with E-state index in [1.807, 2.05) is 29.9 Å². The second-order valence-corrected chi connectivity index (χ2v) is 9.39. The van der Waals surface area contributed by atoms with Gasteiger partial charge in [-0.15, -0.1) is 21.5 Å². The summed E-state index contributed by atoms with van der Waals surface area (Å²) in [4.78, 5) is 17.2. The van der Waals surface area contributed by atoms with E-state index < -0.39 is 0 Å². The fourth-order valence-electron chi connectivity index (χ4n) is 3.81. The van der Waals surface area contributed by atoms with E-state index in [2.05, 4.69) is 53.4 Å². The number of nitrogens with zero attached hydrogens (tertiary/aromatic N) is 4. The molecule has 0 aliphatic rings. The molecule has 32 heavy (non-hydrogen) atoms. The van der Waals surface area contributed by atoms with Crippen LogP contribution < -0.4 is 5.32 Å². The topological polar surface area (TPSA) is 85.8 Å². The quantitative estimate of drug-likeness (QED) is 0.354. The van der Waals surface area contributed by atoms with E-state index in [9.17, 15) is 4.79 Å². The van der Waals surface area contributed by atoms with Gasteiger partial charge in [-0.3, -0.25) is 4.79 Å². The molecule has 3 heterocycles. The Morgan fingerprint density at radius 2 is 1.94 bits per heavy atom. The maximum absolute atomic E-state index is 12.6. The molecule has 1 N–H and O–H groups in total. The lowest BCUT2D eigenvalue weighted by Gasteiger charge is -2.09. The van der Waals surface area contributed by atoms with Gasteiger partial charge in [0.05, 0.1) is 23.3 Å². The third-order valence-corrected chi connectivity index (χ3v) is 6.87. The minimum atomic E-state index is -0.125. The summed E-state index contributed by atoms with van der Waals surface area (Å²) in [6.07, 6.45) is 1.64. The Balaban J connectivity index is 1.43. The number of rotatable bonds is 7. The summed E-state index contributed by atoms with van der Waals surface area (Å²) in [6, 6.07) is 6.18. The Morgan fingerprint density at radius 3 is 2.59 bits per heavy atom. The molecular weight excluding hydrogens is 442 g/mol. The van der Waals surface area contributed by atoms with E-state index >= 15 is 0 Å². The molecule has 0 fully saturated rings. The lowest BCUT2D eigenvalue weighted by Crippen LogP contribution is -2.14. The molecule has 4 aromatic rings. The highest BCUT2D eigenvalue weighted by molar-refractivity contribution is 7.99. The van der Waals surface area contributed by atoms with Crippen molar-refractivity contribution in [2.24, 2.45) is 0 Å². The molecule has 0 atom stereocenters. The van der Waals surface area contributed by atoms with Crippen LogP contribution in [0.2, 0.25) is 0 Å². The number of carbonyl (C=O) groups is 1. The number of nitrogens with one attached hydrogen (secondary N) is 1. The van der Waals surface area contributed by atoms with Crippen LogP contribution in [-0.2, 0) is 11.3 Å². The monoisotopic (exact) mass is 467 g/mol. The van der Waals surface area contributed by atoms with Crippen LogP contribution in [0.5, 0.6) is 0 Å². The van der Waals surface area contributed by atoms with E-state index in [1.165, 1.54) is 39.8 Å². The number of furan rings is 1. The molecule has 0 spiro atoms. The zero-order valence-corrected chi connectivity index (χ0v) is 20.4. The molecule has 0 unspecified atom stereocenters. The van der Waals surface area contributed by atoms with Crippen molar-refractivity contribution in [2.75, 3.05) is 11.1 Å². The average molecular weight is 468 g/mol. The van der Waals surface area contributed by atoms with Gasteiger partial charge in [0.25, 0.3) is 0 Å². The summed E-state index contributed by atoms with van der Waals surface area (Å²) in [7, 11) is 0. The summed E-state index contributed by atoms with van der Waals surface area (Å²) < 4.78 is 7.38. The number of thioether (sulfide) groups is 1. The van der Waals surface area contributed by atoms with Crippen molar-refractivity contribution in [3.05, 3.63) is 52.3 Å². The highest BCUT2D eigenvalue weighted by Gasteiger charge is 2.18. The van der Waals surface area contributed by atoms with Crippen molar-refractivity contribution in [2.45, 2.75) is 46.3 Å². The van der Waals surface area contributed by atoms with Gasteiger partial charge in [0.1, 0.15) is 5.76 Å². The molecule has 4 rings (SSSR count). The highest BCUT2D eigenvalue weighted by atomic mass is 32.2. The van der Waals surface area contributed by atoms with Crippen molar-refractivity contribution in [1.29, 1.82) is 0 Å². The molecule has 166 valence electrons. The Hall–Kier alpha value is -2.91. The number of anilines is 1. The SMILES string of the molecule is CCn1c(SCC(=O)Nc2nc(-c3c(C)cc(C)cc3C)cs2)nnc1-c1ccoc1C. The number of carbonyl (C=O) groups excluding carboxylic acids is 1. The summed E-state index contributed by atoms with van der Waals surface area (Å²) in [5, 5.41) is 14.8. The van der Waals surface area contributed by atoms with Gasteiger partial charge >= 0.3 is 0 Å². The van der Waals surface area contributed by atoms with Gasteiger partial charge in [0.2, 0.25) is 5.91 Å². The molecule has 0 aliphatic heterocycles. The van der Waals surface area contributed by atoms with E-state index in [0.29, 0.717) is 16.8 Å². The fourth-order valence-corrected chi connectivity index (χ4v) is 5.33. The summed E-state index contributed by atoms with van der Waals surface area (Å²) in [5.41, 5.74) is 6.52. The molecule has 0 saturated heterocycles. The van der Waals surface area contributed by atoms with E-state index in [4.69, 9.17) is 4.42 Å². The predicted octanol–water partition coefficient (Wildman–Crippen LogP) is 5.65. The van der Waals surface area contributed by atoms with E-state index in [1.54, 1.807) is 6.26 Å². The largest absolute Gasteiger partial charge is 0.469 e. The zero-order chi connectivity index (χ0) is 22.8. The van der Waals surface area contributed by atoms with Gasteiger partial charge in [-0.1, -0.05) is 29.5 Å². The van der Waals surface area contributed by atoms with Crippen LogP contribution in [-0.4, -0.2) is 31.4 Å². The maximum Gasteiger partial charge on any atom is 0.236 e. The van der Waals surface area contributed by atoms with Crippen LogP contribution in [0, 0.1) is 27.7 Å². The van der Waals surface area contributed by atoms with Crippen molar-refractivity contribution in [3.63, 3.8) is 0 Å². The molecule has 0 aliphatic carbocycles. The van der Waals surface area contributed by atoms with Crippen LogP contribution in [0.4, 0.5) is 5.13 Å².